The standard InChI is InChI=1S/C14H22BrN/c1-4-5-6-12(3)16-10-13-7-8-14(15)11(2)9-13/h7-9,12,16H,4-6,10H2,1-3H3. The molecule has 0 saturated heterocycles. The van der Waals surface area contributed by atoms with Crippen molar-refractivity contribution in [2.24, 2.45) is 0 Å². The highest BCUT2D eigenvalue weighted by Gasteiger charge is 2.01. The van der Waals surface area contributed by atoms with Crippen molar-refractivity contribution in [3.05, 3.63) is 33.8 Å². The molecule has 1 rings (SSSR count). The van der Waals surface area contributed by atoms with Gasteiger partial charge in [-0.2, -0.15) is 0 Å². The Balaban J connectivity index is 2.39. The molecule has 0 radical (unpaired) electrons. The highest BCUT2D eigenvalue weighted by atomic mass is 79.9. The van der Waals surface area contributed by atoms with Crippen molar-refractivity contribution in [2.45, 2.75) is 52.6 Å². The summed E-state index contributed by atoms with van der Waals surface area (Å²) in [7, 11) is 0. The van der Waals surface area contributed by atoms with E-state index in [1.807, 2.05) is 0 Å². The van der Waals surface area contributed by atoms with E-state index in [4.69, 9.17) is 0 Å². The van der Waals surface area contributed by atoms with Gasteiger partial charge < -0.3 is 5.32 Å². The average Bonchev–Trinajstić information content (AvgIpc) is 2.28. The molecule has 1 atom stereocenters. The van der Waals surface area contributed by atoms with Gasteiger partial charge in [0.1, 0.15) is 0 Å². The first-order valence-electron chi connectivity index (χ1n) is 6.12. The van der Waals surface area contributed by atoms with Gasteiger partial charge in [-0.15, -0.1) is 0 Å². The maximum atomic E-state index is 3.57. The number of nitrogens with one attached hydrogen (secondary N) is 1. The second kappa shape index (κ2) is 7.08. The van der Waals surface area contributed by atoms with Crippen molar-refractivity contribution in [3.8, 4) is 0 Å². The van der Waals surface area contributed by atoms with Crippen LogP contribution in [0.15, 0.2) is 22.7 Å². The van der Waals surface area contributed by atoms with Gasteiger partial charge in [0.15, 0.2) is 0 Å². The monoisotopic (exact) mass is 283 g/mol. The number of benzene rings is 1. The molecule has 0 aliphatic rings. The lowest BCUT2D eigenvalue weighted by molar-refractivity contribution is 0.495. The molecule has 0 aliphatic heterocycles. The van der Waals surface area contributed by atoms with Crippen LogP contribution in [0.1, 0.15) is 44.2 Å². The molecule has 0 saturated carbocycles. The number of hydrogen-bond acceptors (Lipinski definition) is 1. The minimum atomic E-state index is 0.615. The Morgan fingerprint density at radius 2 is 2.12 bits per heavy atom. The number of rotatable bonds is 6. The fourth-order valence-electron chi connectivity index (χ4n) is 1.72. The van der Waals surface area contributed by atoms with Crippen LogP contribution in [0.3, 0.4) is 0 Å². The van der Waals surface area contributed by atoms with Gasteiger partial charge in [-0.05, 0) is 37.5 Å². The van der Waals surface area contributed by atoms with Crippen molar-refractivity contribution in [1.29, 1.82) is 0 Å². The molecule has 1 aromatic carbocycles. The van der Waals surface area contributed by atoms with Crippen molar-refractivity contribution < 1.29 is 0 Å². The van der Waals surface area contributed by atoms with Gasteiger partial charge in [0, 0.05) is 17.1 Å². The Kier molecular flexibility index (Phi) is 6.07. The van der Waals surface area contributed by atoms with Crippen LogP contribution >= 0.6 is 15.9 Å². The topological polar surface area (TPSA) is 12.0 Å². The van der Waals surface area contributed by atoms with Crippen LogP contribution in [0.25, 0.3) is 0 Å². The van der Waals surface area contributed by atoms with E-state index in [1.54, 1.807) is 0 Å². The predicted octanol–water partition coefficient (Wildman–Crippen LogP) is 4.43. The molecule has 0 amide bonds. The van der Waals surface area contributed by atoms with Crippen molar-refractivity contribution in [3.63, 3.8) is 0 Å². The van der Waals surface area contributed by atoms with E-state index in [2.05, 4.69) is 60.2 Å². The van der Waals surface area contributed by atoms with Gasteiger partial charge >= 0.3 is 0 Å². The summed E-state index contributed by atoms with van der Waals surface area (Å²) in [5, 5.41) is 3.57. The summed E-state index contributed by atoms with van der Waals surface area (Å²) in [4.78, 5) is 0. The van der Waals surface area contributed by atoms with Crippen LogP contribution < -0.4 is 5.32 Å². The van der Waals surface area contributed by atoms with Crippen LogP contribution in [-0.2, 0) is 6.54 Å². The van der Waals surface area contributed by atoms with E-state index < -0.39 is 0 Å². The molecule has 1 N–H and O–H groups in total. The zero-order chi connectivity index (χ0) is 12.0. The lowest BCUT2D eigenvalue weighted by Crippen LogP contribution is -2.25. The Labute approximate surface area is 108 Å². The van der Waals surface area contributed by atoms with Crippen molar-refractivity contribution >= 4 is 15.9 Å². The van der Waals surface area contributed by atoms with Crippen molar-refractivity contribution in [1.82, 2.24) is 5.32 Å². The third kappa shape index (κ3) is 4.67. The molecule has 0 heterocycles. The first kappa shape index (κ1) is 13.7. The molecule has 1 unspecified atom stereocenters. The largest absolute Gasteiger partial charge is 0.310 e. The minimum Gasteiger partial charge on any atom is -0.310 e. The number of hydrogen-bond donors (Lipinski definition) is 1. The summed E-state index contributed by atoms with van der Waals surface area (Å²) in [5.41, 5.74) is 2.67. The van der Waals surface area contributed by atoms with Gasteiger partial charge in [-0.3, -0.25) is 0 Å². The van der Waals surface area contributed by atoms with Gasteiger partial charge in [-0.1, -0.05) is 47.8 Å². The van der Waals surface area contributed by atoms with Crippen LogP contribution in [0, 0.1) is 6.92 Å². The zero-order valence-corrected chi connectivity index (χ0v) is 12.1. The maximum Gasteiger partial charge on any atom is 0.0208 e. The maximum absolute atomic E-state index is 3.57. The Bertz CT molecular complexity index is 323. The SMILES string of the molecule is CCCCC(C)NCc1ccc(Br)c(C)c1. The molecular formula is C14H22BrN. The summed E-state index contributed by atoms with van der Waals surface area (Å²) < 4.78 is 1.19. The number of unbranched alkanes of at least 4 members (excludes halogenated alkanes) is 1. The highest BCUT2D eigenvalue weighted by molar-refractivity contribution is 9.10. The predicted molar refractivity (Wildman–Crippen MR) is 74.7 cm³/mol. The fourth-order valence-corrected chi connectivity index (χ4v) is 1.97. The molecule has 0 spiro atoms. The third-order valence-corrected chi connectivity index (χ3v) is 3.76. The van der Waals surface area contributed by atoms with Crippen LogP contribution in [-0.4, -0.2) is 6.04 Å². The first-order valence-corrected chi connectivity index (χ1v) is 6.91. The molecule has 16 heavy (non-hydrogen) atoms. The molecule has 90 valence electrons. The second-order valence-electron chi connectivity index (χ2n) is 4.51. The van der Waals surface area contributed by atoms with E-state index in [1.165, 1.54) is 34.9 Å². The second-order valence-corrected chi connectivity index (χ2v) is 5.36. The molecule has 1 nitrogen and oxygen atoms in total. The third-order valence-electron chi connectivity index (χ3n) is 2.87. The van der Waals surface area contributed by atoms with Gasteiger partial charge in [-0.25, -0.2) is 0 Å². The molecule has 0 fully saturated rings. The molecule has 2 heteroatoms. The lowest BCUT2D eigenvalue weighted by atomic mass is 10.1. The van der Waals surface area contributed by atoms with E-state index in [-0.39, 0.29) is 0 Å². The summed E-state index contributed by atoms with van der Waals surface area (Å²) >= 11 is 3.52. The van der Waals surface area contributed by atoms with Crippen LogP contribution in [0.5, 0.6) is 0 Å². The highest BCUT2D eigenvalue weighted by Crippen LogP contribution is 2.17. The summed E-state index contributed by atoms with van der Waals surface area (Å²) in [6.07, 6.45) is 3.86. The summed E-state index contributed by atoms with van der Waals surface area (Å²) in [6, 6.07) is 7.16. The zero-order valence-electron chi connectivity index (χ0n) is 10.5. The average molecular weight is 284 g/mol. The minimum absolute atomic E-state index is 0.615. The quantitative estimate of drug-likeness (QED) is 0.815. The Morgan fingerprint density at radius 3 is 2.75 bits per heavy atom. The molecule has 0 aliphatic carbocycles. The lowest BCUT2D eigenvalue weighted by Gasteiger charge is -2.13. The fraction of sp³-hybridized carbons (Fsp3) is 0.571. The smallest absolute Gasteiger partial charge is 0.0208 e. The van der Waals surface area contributed by atoms with Gasteiger partial charge in [0.25, 0.3) is 0 Å². The first-order chi connectivity index (χ1) is 7.63. The Morgan fingerprint density at radius 1 is 1.38 bits per heavy atom. The van der Waals surface area contributed by atoms with Gasteiger partial charge in [0.05, 0.1) is 0 Å². The van der Waals surface area contributed by atoms with E-state index in [9.17, 15) is 0 Å². The molecule has 0 bridgehead atoms. The number of halogens is 1. The normalized spacial score (nSPS) is 12.8. The number of aryl methyl sites for hydroxylation is 1. The summed E-state index contributed by atoms with van der Waals surface area (Å²) in [5.74, 6) is 0. The van der Waals surface area contributed by atoms with E-state index in [0.29, 0.717) is 6.04 Å². The van der Waals surface area contributed by atoms with Crippen molar-refractivity contribution in [2.75, 3.05) is 0 Å². The van der Waals surface area contributed by atoms with Crippen LogP contribution in [0.4, 0.5) is 0 Å². The molecule has 0 aromatic heterocycles. The van der Waals surface area contributed by atoms with E-state index in [0.717, 1.165) is 6.54 Å². The molecule has 1 aromatic rings. The van der Waals surface area contributed by atoms with E-state index >= 15 is 0 Å². The summed E-state index contributed by atoms with van der Waals surface area (Å²) in [6.45, 7) is 7.61. The Hall–Kier alpha value is -0.340. The molecular weight excluding hydrogens is 262 g/mol. The van der Waals surface area contributed by atoms with Crippen LogP contribution in [0.2, 0.25) is 0 Å². The van der Waals surface area contributed by atoms with Gasteiger partial charge in [0.2, 0.25) is 0 Å².